The lowest BCUT2D eigenvalue weighted by molar-refractivity contribution is 0.101. The van der Waals surface area contributed by atoms with Gasteiger partial charge in [-0.3, -0.25) is 9.59 Å². The van der Waals surface area contributed by atoms with E-state index in [2.05, 4.69) is 15.5 Å². The van der Waals surface area contributed by atoms with Crippen LogP contribution in [0.15, 0.2) is 88.5 Å². The molecular weight excluding hydrogens is 457 g/mol. The summed E-state index contributed by atoms with van der Waals surface area (Å²) in [5.74, 6) is 0.122. The van der Waals surface area contributed by atoms with Crippen molar-refractivity contribution < 1.29 is 23.1 Å². The van der Waals surface area contributed by atoms with Crippen LogP contribution >= 0.6 is 11.8 Å². The first-order valence-electron chi connectivity index (χ1n) is 10.4. The van der Waals surface area contributed by atoms with E-state index in [-0.39, 0.29) is 34.4 Å². The van der Waals surface area contributed by atoms with Gasteiger partial charge >= 0.3 is 0 Å². The first-order valence-corrected chi connectivity index (χ1v) is 11.3. The summed E-state index contributed by atoms with van der Waals surface area (Å²) in [4.78, 5) is 24.8. The maximum Gasteiger partial charge on any atom is 0.277 e. The second-order valence-corrected chi connectivity index (χ2v) is 8.16. The van der Waals surface area contributed by atoms with E-state index < -0.39 is 6.10 Å². The molecular formula is C25H20FN3O4S. The van der Waals surface area contributed by atoms with Crippen LogP contribution in [-0.4, -0.2) is 27.6 Å². The summed E-state index contributed by atoms with van der Waals surface area (Å²) in [5, 5.41) is 10.9. The Morgan fingerprint density at radius 2 is 1.68 bits per heavy atom. The lowest BCUT2D eigenvalue weighted by Crippen LogP contribution is -2.11. The fourth-order valence-electron chi connectivity index (χ4n) is 2.95. The maximum absolute atomic E-state index is 13.0. The summed E-state index contributed by atoms with van der Waals surface area (Å²) in [6.45, 7) is 1.73. The molecule has 0 saturated carbocycles. The van der Waals surface area contributed by atoms with Crippen LogP contribution in [0.4, 0.5) is 10.1 Å². The fraction of sp³-hybridized carbons (Fsp3) is 0.120. The number of hydrogen-bond donors (Lipinski definition) is 1. The van der Waals surface area contributed by atoms with Crippen LogP contribution in [0.3, 0.4) is 0 Å². The Bertz CT molecular complexity index is 1260. The minimum atomic E-state index is -0.540. The topological polar surface area (TPSA) is 94.3 Å². The molecule has 1 amide bonds. The molecule has 172 valence electrons. The van der Waals surface area contributed by atoms with Gasteiger partial charge in [-0.05, 0) is 67.6 Å². The zero-order chi connectivity index (χ0) is 23.9. The maximum atomic E-state index is 13.0. The third kappa shape index (κ3) is 6.08. The first-order chi connectivity index (χ1) is 16.5. The zero-order valence-corrected chi connectivity index (χ0v) is 18.9. The molecule has 1 atom stereocenters. The van der Waals surface area contributed by atoms with Crippen molar-refractivity contribution in [3.05, 3.63) is 102 Å². The highest BCUT2D eigenvalue weighted by Crippen LogP contribution is 2.25. The van der Waals surface area contributed by atoms with Crippen LogP contribution in [0, 0.1) is 5.82 Å². The van der Waals surface area contributed by atoms with Crippen LogP contribution in [0.5, 0.6) is 5.75 Å². The summed E-state index contributed by atoms with van der Waals surface area (Å²) in [6, 6.07) is 21.2. The Labute approximate surface area is 199 Å². The van der Waals surface area contributed by atoms with E-state index >= 15 is 0 Å². The van der Waals surface area contributed by atoms with Gasteiger partial charge < -0.3 is 14.5 Å². The summed E-state index contributed by atoms with van der Waals surface area (Å²) in [7, 11) is 0. The molecule has 34 heavy (non-hydrogen) atoms. The number of hydrogen-bond acceptors (Lipinski definition) is 7. The van der Waals surface area contributed by atoms with Gasteiger partial charge in [-0.1, -0.05) is 30.0 Å². The van der Waals surface area contributed by atoms with Crippen molar-refractivity contribution >= 4 is 29.1 Å². The largest absolute Gasteiger partial charge is 0.481 e. The number of rotatable bonds is 9. The molecule has 4 rings (SSSR count). The van der Waals surface area contributed by atoms with Crippen molar-refractivity contribution in [2.45, 2.75) is 18.3 Å². The molecule has 0 aliphatic rings. The molecule has 4 aromatic rings. The van der Waals surface area contributed by atoms with E-state index in [9.17, 15) is 14.0 Å². The number of amides is 1. The molecule has 0 spiro atoms. The van der Waals surface area contributed by atoms with Gasteiger partial charge in [0.25, 0.3) is 17.0 Å². The summed E-state index contributed by atoms with van der Waals surface area (Å²) < 4.78 is 24.2. The molecule has 1 N–H and O–H groups in total. The Balaban J connectivity index is 1.28. The van der Waals surface area contributed by atoms with Crippen molar-refractivity contribution in [1.29, 1.82) is 0 Å². The first kappa shape index (κ1) is 23.2. The Hall–Kier alpha value is -3.98. The SMILES string of the molecule is C[C@@H](Oc1ccc(F)cc1)c1nnc(SCC(=O)c2ccc(NC(=O)c3ccccc3)cc2)o1. The second-order valence-electron chi connectivity index (χ2n) is 7.23. The zero-order valence-electron chi connectivity index (χ0n) is 18.1. The van der Waals surface area contributed by atoms with Gasteiger partial charge in [-0.25, -0.2) is 4.39 Å². The molecule has 0 aliphatic heterocycles. The molecule has 9 heteroatoms. The molecule has 0 fully saturated rings. The second kappa shape index (κ2) is 10.8. The number of ketones is 1. The summed E-state index contributed by atoms with van der Waals surface area (Å²) in [5.41, 5.74) is 1.64. The van der Waals surface area contributed by atoms with Crippen molar-refractivity contribution in [2.24, 2.45) is 0 Å². The smallest absolute Gasteiger partial charge is 0.277 e. The van der Waals surface area contributed by atoms with Gasteiger partial charge in [-0.2, -0.15) is 0 Å². The molecule has 1 aromatic heterocycles. The van der Waals surface area contributed by atoms with Crippen LogP contribution < -0.4 is 10.1 Å². The lowest BCUT2D eigenvalue weighted by atomic mass is 10.1. The van der Waals surface area contributed by atoms with Gasteiger partial charge in [0.1, 0.15) is 11.6 Å². The van der Waals surface area contributed by atoms with Gasteiger partial charge in [-0.15, -0.1) is 10.2 Å². The summed E-state index contributed by atoms with van der Waals surface area (Å²) >= 11 is 1.12. The van der Waals surface area contributed by atoms with Crippen molar-refractivity contribution in [3.63, 3.8) is 0 Å². The number of halogens is 1. The predicted molar refractivity (Wildman–Crippen MR) is 126 cm³/mol. The molecule has 3 aromatic carbocycles. The number of thioether (sulfide) groups is 1. The lowest BCUT2D eigenvalue weighted by Gasteiger charge is -2.10. The van der Waals surface area contributed by atoms with Gasteiger partial charge in [0, 0.05) is 16.8 Å². The average Bonchev–Trinajstić information content (AvgIpc) is 3.34. The average molecular weight is 478 g/mol. The highest BCUT2D eigenvalue weighted by Gasteiger charge is 2.17. The van der Waals surface area contributed by atoms with Gasteiger partial charge in [0.15, 0.2) is 11.9 Å². The van der Waals surface area contributed by atoms with E-state index in [4.69, 9.17) is 9.15 Å². The van der Waals surface area contributed by atoms with E-state index in [0.29, 0.717) is 22.6 Å². The molecule has 1 heterocycles. The molecule has 0 radical (unpaired) electrons. The van der Waals surface area contributed by atoms with E-state index in [1.807, 2.05) is 6.07 Å². The van der Waals surface area contributed by atoms with E-state index in [1.54, 1.807) is 55.5 Å². The van der Waals surface area contributed by atoms with E-state index in [1.165, 1.54) is 24.3 Å². The highest BCUT2D eigenvalue weighted by atomic mass is 32.2. The third-order valence-electron chi connectivity index (χ3n) is 4.72. The Morgan fingerprint density at radius 1 is 0.971 bits per heavy atom. The van der Waals surface area contributed by atoms with Crippen LogP contribution in [0.25, 0.3) is 0 Å². The number of carbonyl (C=O) groups is 2. The van der Waals surface area contributed by atoms with Crippen LogP contribution in [0.1, 0.15) is 39.6 Å². The number of aromatic nitrogens is 2. The minimum Gasteiger partial charge on any atom is -0.481 e. The van der Waals surface area contributed by atoms with Crippen LogP contribution in [-0.2, 0) is 0 Å². The number of ether oxygens (including phenoxy) is 1. The molecule has 0 aliphatic carbocycles. The number of Topliss-reactive ketones (excluding diaryl/α,β-unsaturated/α-hetero) is 1. The number of anilines is 1. The Morgan fingerprint density at radius 3 is 2.38 bits per heavy atom. The number of carbonyl (C=O) groups excluding carboxylic acids is 2. The van der Waals surface area contributed by atoms with Gasteiger partial charge in [0.05, 0.1) is 5.75 Å². The normalized spacial score (nSPS) is 11.6. The summed E-state index contributed by atoms with van der Waals surface area (Å²) in [6.07, 6.45) is -0.540. The number of nitrogens with one attached hydrogen (secondary N) is 1. The van der Waals surface area contributed by atoms with Crippen molar-refractivity contribution in [3.8, 4) is 5.75 Å². The monoisotopic (exact) mass is 477 g/mol. The minimum absolute atomic E-state index is 0.102. The van der Waals surface area contributed by atoms with Gasteiger partial charge in [0.2, 0.25) is 0 Å². The number of benzene rings is 3. The van der Waals surface area contributed by atoms with E-state index in [0.717, 1.165) is 11.8 Å². The molecule has 0 saturated heterocycles. The predicted octanol–water partition coefficient (Wildman–Crippen LogP) is 5.58. The molecule has 0 bridgehead atoms. The number of nitrogens with zero attached hydrogens (tertiary/aromatic N) is 2. The highest BCUT2D eigenvalue weighted by molar-refractivity contribution is 7.99. The standard InChI is InChI=1S/C25H20FN3O4S/c1-16(32-21-13-9-19(26)10-14-21)24-28-29-25(33-24)34-15-22(30)17-7-11-20(12-8-17)27-23(31)18-5-3-2-4-6-18/h2-14,16H,15H2,1H3,(H,27,31)/t16-/m1/s1. The molecule has 0 unspecified atom stereocenters. The fourth-order valence-corrected chi connectivity index (χ4v) is 3.62. The van der Waals surface area contributed by atoms with Crippen LogP contribution in [0.2, 0.25) is 0 Å². The third-order valence-corrected chi connectivity index (χ3v) is 5.54. The molecule has 7 nitrogen and oxygen atoms in total. The Kier molecular flexibility index (Phi) is 7.34. The van der Waals surface area contributed by atoms with Crippen molar-refractivity contribution in [2.75, 3.05) is 11.1 Å². The quantitative estimate of drug-likeness (QED) is 0.249. The van der Waals surface area contributed by atoms with Crippen molar-refractivity contribution in [1.82, 2.24) is 10.2 Å².